The van der Waals surface area contributed by atoms with Crippen LogP contribution in [0.1, 0.15) is 18.4 Å². The topological polar surface area (TPSA) is 30.3 Å². The summed E-state index contributed by atoms with van der Waals surface area (Å²) in [6.45, 7) is 3.12. The molecular weight excluding hydrogens is 334 g/mol. The van der Waals surface area contributed by atoms with Crippen LogP contribution in [0.4, 0.5) is 0 Å². The van der Waals surface area contributed by atoms with Crippen molar-refractivity contribution >= 4 is 22.5 Å². The third kappa shape index (κ3) is 3.43. The molecule has 25 heavy (non-hydrogen) atoms. The molecule has 0 N–H and O–H groups in total. The molecule has 130 valence electrons. The summed E-state index contributed by atoms with van der Waals surface area (Å²) in [6, 6.07) is 10.0. The Morgan fingerprint density at radius 2 is 1.92 bits per heavy atom. The highest BCUT2D eigenvalue weighted by atomic mass is 35.5. The fraction of sp³-hybridized carbons (Fsp3) is 0.350. The number of likely N-dealkylation sites (tertiary alicyclic amines) is 1. The maximum absolute atomic E-state index is 6.04. The maximum atomic E-state index is 6.04. The van der Waals surface area contributed by atoms with Crippen molar-refractivity contribution in [2.45, 2.75) is 25.5 Å². The highest BCUT2D eigenvalue weighted by Crippen LogP contribution is 2.27. The van der Waals surface area contributed by atoms with Crippen LogP contribution in [0.3, 0.4) is 0 Å². The first kappa shape index (κ1) is 16.6. The van der Waals surface area contributed by atoms with E-state index in [-0.39, 0.29) is 0 Å². The lowest BCUT2D eigenvalue weighted by Crippen LogP contribution is -2.36. The molecule has 0 atom stereocenters. The maximum Gasteiger partial charge on any atom is 0.0715 e. The summed E-state index contributed by atoms with van der Waals surface area (Å²) in [5.74, 6) is 0. The molecule has 0 amide bonds. The van der Waals surface area contributed by atoms with Crippen LogP contribution >= 0.6 is 11.6 Å². The lowest BCUT2D eigenvalue weighted by molar-refractivity contribution is 0.0390. The Balaban J connectivity index is 1.65. The van der Waals surface area contributed by atoms with Gasteiger partial charge in [0.15, 0.2) is 0 Å². The average molecular weight is 356 g/mol. The zero-order valence-electron chi connectivity index (χ0n) is 14.4. The van der Waals surface area contributed by atoms with Gasteiger partial charge in [0.25, 0.3) is 0 Å². The van der Waals surface area contributed by atoms with E-state index in [1.54, 1.807) is 0 Å². The predicted molar refractivity (Wildman–Crippen MR) is 101 cm³/mol. The van der Waals surface area contributed by atoms with Gasteiger partial charge in [-0.2, -0.15) is 0 Å². The number of rotatable bonds is 4. The van der Waals surface area contributed by atoms with Crippen LogP contribution in [0.5, 0.6) is 0 Å². The highest BCUT2D eigenvalue weighted by molar-refractivity contribution is 6.30. The molecule has 3 aromatic rings. The largest absolute Gasteiger partial charge is 0.381 e. The van der Waals surface area contributed by atoms with Crippen molar-refractivity contribution in [3.63, 3.8) is 0 Å². The molecule has 1 aliphatic rings. The Bertz CT molecular complexity index is 851. The van der Waals surface area contributed by atoms with Gasteiger partial charge in [-0.25, -0.2) is 0 Å². The van der Waals surface area contributed by atoms with Gasteiger partial charge in [-0.05, 0) is 48.7 Å². The summed E-state index contributed by atoms with van der Waals surface area (Å²) in [5, 5.41) is 2.01. The summed E-state index contributed by atoms with van der Waals surface area (Å²) in [7, 11) is 1.81. The van der Waals surface area contributed by atoms with E-state index >= 15 is 0 Å². The number of benzene rings is 1. The number of ether oxygens (including phenoxy) is 1. The fourth-order valence-corrected chi connectivity index (χ4v) is 3.76. The predicted octanol–water partition coefficient (Wildman–Crippen LogP) is 4.29. The molecule has 5 heteroatoms. The number of pyridine rings is 1. The van der Waals surface area contributed by atoms with Crippen LogP contribution in [-0.4, -0.2) is 40.8 Å². The molecule has 0 bridgehead atoms. The minimum atomic E-state index is 0.413. The van der Waals surface area contributed by atoms with Crippen molar-refractivity contribution in [3.8, 4) is 5.69 Å². The van der Waals surface area contributed by atoms with Gasteiger partial charge in [-0.1, -0.05) is 11.6 Å². The van der Waals surface area contributed by atoms with Crippen LogP contribution in [-0.2, 0) is 11.3 Å². The van der Waals surface area contributed by atoms with Crippen LogP contribution in [0.2, 0.25) is 5.02 Å². The van der Waals surface area contributed by atoms with Gasteiger partial charge < -0.3 is 9.30 Å². The lowest BCUT2D eigenvalue weighted by atomic mass is 10.1. The van der Waals surface area contributed by atoms with Crippen molar-refractivity contribution in [1.29, 1.82) is 0 Å². The first-order valence-corrected chi connectivity index (χ1v) is 9.07. The van der Waals surface area contributed by atoms with Crippen molar-refractivity contribution < 1.29 is 4.74 Å². The summed E-state index contributed by atoms with van der Waals surface area (Å²) >= 11 is 6.04. The zero-order valence-corrected chi connectivity index (χ0v) is 15.1. The monoisotopic (exact) mass is 355 g/mol. The van der Waals surface area contributed by atoms with Gasteiger partial charge in [0, 0.05) is 55.2 Å². The second kappa shape index (κ2) is 7.16. The summed E-state index contributed by atoms with van der Waals surface area (Å²) in [4.78, 5) is 6.83. The van der Waals surface area contributed by atoms with Gasteiger partial charge in [0.1, 0.15) is 0 Å². The number of fused-ring (bicyclic) bond motifs is 1. The van der Waals surface area contributed by atoms with Gasteiger partial charge in [-0.15, -0.1) is 0 Å². The molecule has 1 aliphatic heterocycles. The molecule has 0 unspecified atom stereocenters. The zero-order chi connectivity index (χ0) is 17.2. The van der Waals surface area contributed by atoms with Gasteiger partial charge >= 0.3 is 0 Å². The Labute approximate surface area is 153 Å². The SMILES string of the molecule is COC1CCN(Cc2cn(-c3ccc(Cl)cc3)c3cnccc23)CC1. The van der Waals surface area contributed by atoms with E-state index in [4.69, 9.17) is 16.3 Å². The molecular formula is C20H22ClN3O. The summed E-state index contributed by atoms with van der Waals surface area (Å²) in [6.07, 6.45) is 8.66. The molecule has 4 rings (SSSR count). The van der Waals surface area contributed by atoms with Crippen molar-refractivity contribution in [2.24, 2.45) is 0 Å². The molecule has 0 radical (unpaired) electrons. The molecule has 1 aromatic carbocycles. The second-order valence-electron chi connectivity index (χ2n) is 6.60. The molecule has 3 heterocycles. The fourth-order valence-electron chi connectivity index (χ4n) is 3.63. The summed E-state index contributed by atoms with van der Waals surface area (Å²) in [5.41, 5.74) is 3.57. The summed E-state index contributed by atoms with van der Waals surface area (Å²) < 4.78 is 7.69. The lowest BCUT2D eigenvalue weighted by Gasteiger charge is -2.30. The number of aromatic nitrogens is 2. The number of piperidine rings is 1. The Kier molecular flexibility index (Phi) is 4.75. The van der Waals surface area contributed by atoms with E-state index in [1.165, 1.54) is 10.9 Å². The minimum absolute atomic E-state index is 0.413. The van der Waals surface area contributed by atoms with E-state index < -0.39 is 0 Å². The van der Waals surface area contributed by atoms with E-state index in [0.29, 0.717) is 6.10 Å². The Morgan fingerprint density at radius 3 is 2.64 bits per heavy atom. The molecule has 4 nitrogen and oxygen atoms in total. The molecule has 0 saturated carbocycles. The number of hydrogen-bond donors (Lipinski definition) is 0. The molecule has 1 fully saturated rings. The third-order valence-corrected chi connectivity index (χ3v) is 5.31. The normalized spacial score (nSPS) is 16.6. The third-order valence-electron chi connectivity index (χ3n) is 5.06. The van der Waals surface area contributed by atoms with Crippen molar-refractivity contribution in [2.75, 3.05) is 20.2 Å². The molecule has 0 aliphatic carbocycles. The smallest absolute Gasteiger partial charge is 0.0715 e. The van der Waals surface area contributed by atoms with E-state index in [2.05, 4.69) is 26.7 Å². The van der Waals surface area contributed by atoms with E-state index in [1.807, 2.05) is 43.8 Å². The van der Waals surface area contributed by atoms with Gasteiger partial charge in [-0.3, -0.25) is 9.88 Å². The average Bonchev–Trinajstić information content (AvgIpc) is 3.02. The van der Waals surface area contributed by atoms with E-state index in [0.717, 1.165) is 48.7 Å². The molecule has 1 saturated heterocycles. The van der Waals surface area contributed by atoms with Crippen LogP contribution in [0.15, 0.2) is 48.9 Å². The van der Waals surface area contributed by atoms with Crippen LogP contribution in [0.25, 0.3) is 16.6 Å². The van der Waals surface area contributed by atoms with Crippen molar-refractivity contribution in [1.82, 2.24) is 14.5 Å². The van der Waals surface area contributed by atoms with Crippen molar-refractivity contribution in [3.05, 3.63) is 59.5 Å². The number of methoxy groups -OCH3 is 1. The molecule has 2 aromatic heterocycles. The van der Waals surface area contributed by atoms with E-state index in [9.17, 15) is 0 Å². The number of nitrogens with zero attached hydrogens (tertiary/aromatic N) is 3. The quantitative estimate of drug-likeness (QED) is 0.699. The second-order valence-corrected chi connectivity index (χ2v) is 7.04. The first-order chi connectivity index (χ1) is 12.2. The van der Waals surface area contributed by atoms with Crippen LogP contribution in [0, 0.1) is 0 Å². The minimum Gasteiger partial charge on any atom is -0.381 e. The van der Waals surface area contributed by atoms with Gasteiger partial charge in [0.05, 0.1) is 17.8 Å². The van der Waals surface area contributed by atoms with Crippen LogP contribution < -0.4 is 0 Å². The van der Waals surface area contributed by atoms with Gasteiger partial charge in [0.2, 0.25) is 0 Å². The molecule has 0 spiro atoms. The first-order valence-electron chi connectivity index (χ1n) is 8.69. The Hall–Kier alpha value is -1.88. The highest BCUT2D eigenvalue weighted by Gasteiger charge is 2.20. The Morgan fingerprint density at radius 1 is 1.16 bits per heavy atom. The standard InChI is InChI=1S/C20H22ClN3O/c1-25-18-7-10-23(11-8-18)13-15-14-24(17-4-2-16(21)3-5-17)20-12-22-9-6-19(15)20/h2-6,9,12,14,18H,7-8,10-11,13H2,1H3. The number of hydrogen-bond acceptors (Lipinski definition) is 3. The number of halogens is 1.